The first kappa shape index (κ1) is 18.4. The van der Waals surface area contributed by atoms with Crippen molar-refractivity contribution in [1.29, 1.82) is 0 Å². The third-order valence-electron chi connectivity index (χ3n) is 6.76. The lowest BCUT2D eigenvalue weighted by atomic mass is 9.79. The highest BCUT2D eigenvalue weighted by atomic mass is 19.1. The zero-order chi connectivity index (χ0) is 18.4. The van der Waals surface area contributed by atoms with Gasteiger partial charge >= 0.3 is 0 Å². The Bertz CT molecular complexity index is 610. The minimum atomic E-state index is -0.796. The molecule has 0 radical (unpaired) electrons. The molecule has 2 atom stereocenters. The van der Waals surface area contributed by atoms with Crippen LogP contribution in [0, 0.1) is 11.2 Å². The van der Waals surface area contributed by atoms with Gasteiger partial charge in [-0.25, -0.2) is 4.39 Å². The van der Waals surface area contributed by atoms with Gasteiger partial charge in [0.1, 0.15) is 5.82 Å². The highest BCUT2D eigenvalue weighted by Crippen LogP contribution is 2.46. The summed E-state index contributed by atoms with van der Waals surface area (Å²) in [6, 6.07) is 7.37. The average molecular weight is 361 g/mol. The molecule has 3 nitrogen and oxygen atoms in total. The Hall–Kier alpha value is -0.970. The van der Waals surface area contributed by atoms with E-state index < -0.39 is 5.60 Å². The van der Waals surface area contributed by atoms with Gasteiger partial charge in [-0.2, -0.15) is 0 Å². The monoisotopic (exact) mass is 360 g/mol. The van der Waals surface area contributed by atoms with E-state index in [9.17, 15) is 9.50 Å². The van der Waals surface area contributed by atoms with Crippen molar-refractivity contribution >= 4 is 0 Å². The van der Waals surface area contributed by atoms with Crippen molar-refractivity contribution < 1.29 is 9.50 Å². The normalized spacial score (nSPS) is 33.1. The van der Waals surface area contributed by atoms with Crippen LogP contribution in [0.25, 0.3) is 0 Å². The van der Waals surface area contributed by atoms with Crippen LogP contribution in [0.4, 0.5) is 4.39 Å². The number of fused-ring (bicyclic) bond motifs is 2. The SMILES string of the molecule is CC(C)(CN1CCCC1)CN1C2CCC1CC(O)(c1ccc(F)cc1)C2. The number of likely N-dealkylation sites (tertiary alicyclic amines) is 1. The molecule has 2 bridgehead atoms. The fourth-order valence-electron chi connectivity index (χ4n) is 5.66. The lowest BCUT2D eigenvalue weighted by molar-refractivity contribution is -0.0667. The second kappa shape index (κ2) is 6.88. The predicted octanol–water partition coefficient (Wildman–Crippen LogP) is 3.76. The van der Waals surface area contributed by atoms with Crippen LogP contribution in [0.5, 0.6) is 0 Å². The predicted molar refractivity (Wildman–Crippen MR) is 103 cm³/mol. The molecule has 1 N–H and O–H groups in total. The summed E-state index contributed by atoms with van der Waals surface area (Å²) in [7, 11) is 0. The zero-order valence-electron chi connectivity index (χ0n) is 16.3. The van der Waals surface area contributed by atoms with Crippen LogP contribution < -0.4 is 0 Å². The fourth-order valence-corrected chi connectivity index (χ4v) is 5.66. The van der Waals surface area contributed by atoms with Gasteiger partial charge in [-0.15, -0.1) is 0 Å². The van der Waals surface area contributed by atoms with Gasteiger partial charge in [-0.3, -0.25) is 4.90 Å². The van der Waals surface area contributed by atoms with Crippen molar-refractivity contribution in [3.63, 3.8) is 0 Å². The number of rotatable bonds is 5. The molecule has 3 aliphatic rings. The molecule has 1 aromatic rings. The van der Waals surface area contributed by atoms with E-state index in [0.29, 0.717) is 12.1 Å². The summed E-state index contributed by atoms with van der Waals surface area (Å²) in [5.41, 5.74) is 0.359. The summed E-state index contributed by atoms with van der Waals surface area (Å²) in [5, 5.41) is 11.3. The maximum Gasteiger partial charge on any atom is 0.123 e. The quantitative estimate of drug-likeness (QED) is 0.866. The van der Waals surface area contributed by atoms with Crippen molar-refractivity contribution in [2.45, 2.75) is 70.1 Å². The first-order chi connectivity index (χ1) is 12.3. The van der Waals surface area contributed by atoms with E-state index >= 15 is 0 Å². The second-order valence-electron chi connectivity index (χ2n) is 9.65. The van der Waals surface area contributed by atoms with Crippen LogP contribution in [-0.2, 0) is 5.60 Å². The van der Waals surface area contributed by atoms with E-state index in [-0.39, 0.29) is 11.2 Å². The number of halogens is 1. The lowest BCUT2D eigenvalue weighted by Crippen LogP contribution is -2.53. The number of hydrogen-bond donors (Lipinski definition) is 1. The minimum Gasteiger partial charge on any atom is -0.385 e. The van der Waals surface area contributed by atoms with Crippen molar-refractivity contribution in [2.75, 3.05) is 26.2 Å². The maximum atomic E-state index is 13.3. The number of benzene rings is 1. The molecule has 3 heterocycles. The van der Waals surface area contributed by atoms with Crippen LogP contribution in [-0.4, -0.2) is 53.2 Å². The molecule has 0 spiro atoms. The molecule has 4 heteroatoms. The lowest BCUT2D eigenvalue weighted by Gasteiger charge is -2.47. The van der Waals surface area contributed by atoms with E-state index in [1.165, 1.54) is 57.5 Å². The largest absolute Gasteiger partial charge is 0.385 e. The summed E-state index contributed by atoms with van der Waals surface area (Å²) in [5.74, 6) is -0.235. The smallest absolute Gasteiger partial charge is 0.123 e. The summed E-state index contributed by atoms with van der Waals surface area (Å²) in [6.45, 7) is 9.57. The van der Waals surface area contributed by atoms with Crippen molar-refractivity contribution in [3.8, 4) is 0 Å². The molecule has 0 amide bonds. The van der Waals surface area contributed by atoms with E-state index in [1.54, 1.807) is 12.1 Å². The highest BCUT2D eigenvalue weighted by molar-refractivity contribution is 5.25. The van der Waals surface area contributed by atoms with E-state index in [2.05, 4.69) is 23.6 Å². The number of nitrogens with zero attached hydrogens (tertiary/aromatic N) is 2. The second-order valence-corrected chi connectivity index (χ2v) is 9.65. The van der Waals surface area contributed by atoms with E-state index in [0.717, 1.165) is 24.9 Å². The number of aliphatic hydroxyl groups is 1. The Labute approximate surface area is 157 Å². The third-order valence-corrected chi connectivity index (χ3v) is 6.76. The fraction of sp³-hybridized carbons (Fsp3) is 0.727. The van der Waals surface area contributed by atoms with Gasteiger partial charge in [-0.05, 0) is 74.7 Å². The van der Waals surface area contributed by atoms with Gasteiger partial charge in [0.2, 0.25) is 0 Å². The summed E-state index contributed by atoms with van der Waals surface area (Å²) in [4.78, 5) is 5.29. The molecule has 0 aromatic heterocycles. The molecule has 4 rings (SSSR count). The molecule has 3 saturated heterocycles. The molecular weight excluding hydrogens is 327 g/mol. The minimum absolute atomic E-state index is 0.235. The molecule has 2 unspecified atom stereocenters. The highest BCUT2D eigenvalue weighted by Gasteiger charge is 2.49. The summed E-state index contributed by atoms with van der Waals surface area (Å²) in [6.07, 6.45) is 6.58. The van der Waals surface area contributed by atoms with Gasteiger partial charge in [0.05, 0.1) is 5.60 Å². The third kappa shape index (κ3) is 3.69. The molecular formula is C22H33FN2O. The van der Waals surface area contributed by atoms with Crippen molar-refractivity contribution in [1.82, 2.24) is 9.80 Å². The van der Waals surface area contributed by atoms with Gasteiger partial charge in [0.25, 0.3) is 0 Å². The molecule has 144 valence electrons. The molecule has 26 heavy (non-hydrogen) atoms. The van der Waals surface area contributed by atoms with Gasteiger partial charge in [0.15, 0.2) is 0 Å². The van der Waals surface area contributed by atoms with Crippen LogP contribution in [0.1, 0.15) is 57.9 Å². The Morgan fingerprint density at radius 2 is 1.62 bits per heavy atom. The number of hydrogen-bond acceptors (Lipinski definition) is 3. The number of piperidine rings is 1. The molecule has 0 aliphatic carbocycles. The summed E-state index contributed by atoms with van der Waals surface area (Å²) < 4.78 is 13.3. The van der Waals surface area contributed by atoms with Crippen LogP contribution in [0.2, 0.25) is 0 Å². The first-order valence-electron chi connectivity index (χ1n) is 10.3. The Morgan fingerprint density at radius 1 is 1.04 bits per heavy atom. The van der Waals surface area contributed by atoms with Crippen LogP contribution in [0.15, 0.2) is 24.3 Å². The van der Waals surface area contributed by atoms with E-state index in [1.807, 2.05) is 0 Å². The van der Waals surface area contributed by atoms with Gasteiger partial charge in [-0.1, -0.05) is 26.0 Å². The van der Waals surface area contributed by atoms with Crippen LogP contribution in [0.3, 0.4) is 0 Å². The Morgan fingerprint density at radius 3 is 2.19 bits per heavy atom. The first-order valence-corrected chi connectivity index (χ1v) is 10.3. The van der Waals surface area contributed by atoms with Crippen LogP contribution >= 0.6 is 0 Å². The topological polar surface area (TPSA) is 26.7 Å². The van der Waals surface area contributed by atoms with Gasteiger partial charge < -0.3 is 10.0 Å². The molecule has 0 saturated carbocycles. The Balaban J connectivity index is 1.44. The van der Waals surface area contributed by atoms with Crippen molar-refractivity contribution in [3.05, 3.63) is 35.6 Å². The van der Waals surface area contributed by atoms with Gasteiger partial charge in [0, 0.05) is 25.2 Å². The standard InChI is InChI=1S/C22H33FN2O/c1-21(2,15-24-11-3-4-12-24)16-25-19-9-10-20(25)14-22(26,13-19)17-5-7-18(23)8-6-17/h5-8,19-20,26H,3-4,9-16H2,1-2H3. The Kier molecular flexibility index (Phi) is 4.87. The zero-order valence-corrected chi connectivity index (χ0v) is 16.3. The average Bonchev–Trinajstić information content (AvgIpc) is 3.14. The van der Waals surface area contributed by atoms with Crippen molar-refractivity contribution in [2.24, 2.45) is 5.41 Å². The molecule has 3 aliphatic heterocycles. The summed E-state index contributed by atoms with van der Waals surface area (Å²) >= 11 is 0. The molecule has 1 aromatic carbocycles. The molecule has 3 fully saturated rings. The maximum absolute atomic E-state index is 13.3. The van der Waals surface area contributed by atoms with E-state index in [4.69, 9.17) is 0 Å².